The highest BCUT2D eigenvalue weighted by atomic mass is 35.5. The van der Waals surface area contributed by atoms with Crippen molar-refractivity contribution in [1.82, 2.24) is 4.98 Å². The Hall–Kier alpha value is -1.77. The average Bonchev–Trinajstić information content (AvgIpc) is 3.10. The summed E-state index contributed by atoms with van der Waals surface area (Å²) >= 11 is 4.38. The van der Waals surface area contributed by atoms with Crippen LogP contribution in [0.1, 0.15) is 30.9 Å². The van der Waals surface area contributed by atoms with Crippen molar-refractivity contribution in [3.63, 3.8) is 0 Å². The molecule has 0 aliphatic carbocycles. The van der Waals surface area contributed by atoms with Gasteiger partial charge in [0, 0.05) is 23.4 Å². The number of hydrogen-bond donors (Lipinski definition) is 2. The number of nitrogens with zero attached hydrogens (tertiary/aromatic N) is 2. The van der Waals surface area contributed by atoms with Gasteiger partial charge in [0.25, 0.3) is 0 Å². The zero-order valence-electron chi connectivity index (χ0n) is 15.9. The molecule has 0 saturated carbocycles. The second-order valence-electron chi connectivity index (χ2n) is 6.28. The molecule has 0 bridgehead atoms. The first-order valence-corrected chi connectivity index (χ1v) is 11.2. The van der Waals surface area contributed by atoms with Crippen molar-refractivity contribution in [3.05, 3.63) is 40.4 Å². The number of aromatic nitrogens is 1. The van der Waals surface area contributed by atoms with E-state index in [2.05, 4.69) is 15.4 Å². The lowest BCUT2D eigenvalue weighted by Gasteiger charge is -2.30. The predicted molar refractivity (Wildman–Crippen MR) is 112 cm³/mol. The number of amides is 2. The molecule has 0 spiro atoms. The summed E-state index contributed by atoms with van der Waals surface area (Å²) in [4.78, 5) is 17.2. The van der Waals surface area contributed by atoms with E-state index < -0.39 is 30.0 Å². The predicted octanol–water partition coefficient (Wildman–Crippen LogP) is 4.38. The Morgan fingerprint density at radius 3 is 2.65 bits per heavy atom. The number of urea groups is 1. The van der Waals surface area contributed by atoms with Gasteiger partial charge in [0.15, 0.2) is 5.13 Å². The first kappa shape index (κ1) is 25.5. The average molecular weight is 500 g/mol. The molecule has 172 valence electrons. The smallest absolute Gasteiger partial charge is 0.406 e. The summed E-state index contributed by atoms with van der Waals surface area (Å²) in [6, 6.07) is 5.58. The Bertz CT molecular complexity index is 890. The normalized spacial score (nSPS) is 17.3. The standard InChI is InChI=1S/C17H17ClF3N3O2S.H3NO2S/c18-14-9-22-15(27-14)23-16(25)24(10-17(19,20)21)12-6-2-1-5-11(12)13-7-3-4-8-26-13;1-4(2)3/h1-2,5-6,9,13H,3-4,7-8,10H2,(H,22,23,25);1H2,(H,2,3)/p-1. The number of anilines is 2. The van der Waals surface area contributed by atoms with Gasteiger partial charge >= 0.3 is 12.2 Å². The molecule has 2 heterocycles. The molecule has 2 atom stereocenters. The third kappa shape index (κ3) is 8.71. The van der Waals surface area contributed by atoms with Gasteiger partial charge in [0.2, 0.25) is 0 Å². The Labute approximate surface area is 188 Å². The van der Waals surface area contributed by atoms with Crippen LogP contribution < -0.4 is 15.4 Å². The zero-order chi connectivity index (χ0) is 23.0. The van der Waals surface area contributed by atoms with E-state index >= 15 is 0 Å². The highest BCUT2D eigenvalue weighted by molar-refractivity contribution is 7.76. The van der Waals surface area contributed by atoms with Crippen molar-refractivity contribution < 1.29 is 31.5 Å². The molecule has 31 heavy (non-hydrogen) atoms. The SMILES string of the molecule is NS(=O)[O-].O=C(Nc1ncc(Cl)s1)N(CC(F)(F)F)c1ccccc1C1CCCCO1. The minimum absolute atomic E-state index is 0.128. The van der Waals surface area contributed by atoms with E-state index in [4.69, 9.17) is 25.1 Å². The molecule has 1 aromatic carbocycles. The summed E-state index contributed by atoms with van der Waals surface area (Å²) < 4.78 is 63.1. The largest absolute Gasteiger partial charge is 0.760 e. The number of para-hydroxylation sites is 1. The Morgan fingerprint density at radius 2 is 2.10 bits per heavy atom. The zero-order valence-corrected chi connectivity index (χ0v) is 18.3. The third-order valence-corrected chi connectivity index (χ3v) is 5.06. The second-order valence-corrected chi connectivity index (χ2v) is 8.46. The summed E-state index contributed by atoms with van der Waals surface area (Å²) in [6.45, 7) is -0.885. The van der Waals surface area contributed by atoms with Crippen LogP contribution in [0.25, 0.3) is 0 Å². The van der Waals surface area contributed by atoms with Gasteiger partial charge < -0.3 is 9.29 Å². The Balaban J connectivity index is 0.000000785. The molecule has 1 fully saturated rings. The molecule has 1 aromatic heterocycles. The number of rotatable bonds is 4. The second kappa shape index (κ2) is 11.7. The van der Waals surface area contributed by atoms with Crippen LogP contribution in [0.4, 0.5) is 28.8 Å². The van der Waals surface area contributed by atoms with Crippen molar-refractivity contribution >= 4 is 51.1 Å². The minimum Gasteiger partial charge on any atom is -0.760 e. The van der Waals surface area contributed by atoms with Gasteiger partial charge in [-0.05, 0) is 25.3 Å². The van der Waals surface area contributed by atoms with Crippen molar-refractivity contribution in [2.24, 2.45) is 5.14 Å². The maximum Gasteiger partial charge on any atom is 0.406 e. The molecular formula is C17H19ClF3N4O4S2-. The van der Waals surface area contributed by atoms with E-state index in [0.29, 0.717) is 27.8 Å². The highest BCUT2D eigenvalue weighted by Gasteiger charge is 2.36. The fourth-order valence-corrected chi connectivity index (χ4v) is 3.71. The maximum absolute atomic E-state index is 13.2. The maximum atomic E-state index is 13.2. The van der Waals surface area contributed by atoms with Crippen LogP contribution in [0.15, 0.2) is 30.5 Å². The van der Waals surface area contributed by atoms with Crippen molar-refractivity contribution in [2.75, 3.05) is 23.4 Å². The van der Waals surface area contributed by atoms with Crippen LogP contribution in [-0.4, -0.2) is 39.1 Å². The first-order valence-electron chi connectivity index (χ1n) is 8.87. The number of alkyl halides is 3. The number of thiazole rings is 1. The molecule has 14 heteroatoms. The lowest BCUT2D eigenvalue weighted by Crippen LogP contribution is -2.42. The van der Waals surface area contributed by atoms with Crippen LogP contribution in [0.3, 0.4) is 0 Å². The molecule has 1 aliphatic heterocycles. The molecule has 2 aromatic rings. The van der Waals surface area contributed by atoms with E-state index in [1.165, 1.54) is 12.3 Å². The molecular weight excluding hydrogens is 481 g/mol. The number of hydrogen-bond acceptors (Lipinski definition) is 6. The lowest BCUT2D eigenvalue weighted by atomic mass is 9.99. The number of halogens is 4. The molecule has 2 amide bonds. The number of carbonyl (C=O) groups is 1. The molecule has 8 nitrogen and oxygen atoms in total. The van der Waals surface area contributed by atoms with Crippen LogP contribution in [0.2, 0.25) is 4.34 Å². The van der Waals surface area contributed by atoms with E-state index in [1.807, 2.05) is 0 Å². The number of nitrogens with two attached hydrogens (primary N) is 1. The topological polar surface area (TPSA) is 121 Å². The van der Waals surface area contributed by atoms with Crippen molar-refractivity contribution in [3.8, 4) is 0 Å². The highest BCUT2D eigenvalue weighted by Crippen LogP contribution is 2.36. The molecule has 0 radical (unpaired) electrons. The summed E-state index contributed by atoms with van der Waals surface area (Å²) in [5, 5.41) is 6.54. The fraction of sp³-hybridized carbons (Fsp3) is 0.412. The summed E-state index contributed by atoms with van der Waals surface area (Å²) in [5.41, 5.74) is 0.732. The van der Waals surface area contributed by atoms with Gasteiger partial charge in [0.05, 0.1) is 18.0 Å². The van der Waals surface area contributed by atoms with E-state index in [9.17, 15) is 18.0 Å². The Morgan fingerprint density at radius 1 is 1.42 bits per heavy atom. The van der Waals surface area contributed by atoms with Crippen LogP contribution in [-0.2, 0) is 16.0 Å². The Kier molecular flexibility index (Phi) is 9.65. The molecule has 3 rings (SSSR count). The lowest BCUT2D eigenvalue weighted by molar-refractivity contribution is -0.118. The monoisotopic (exact) mass is 499 g/mol. The molecule has 1 aliphatic rings. The van der Waals surface area contributed by atoms with Crippen LogP contribution in [0.5, 0.6) is 0 Å². The van der Waals surface area contributed by atoms with Gasteiger partial charge in [0.1, 0.15) is 10.9 Å². The first-order chi connectivity index (χ1) is 14.6. The minimum atomic E-state index is -4.57. The molecule has 2 unspecified atom stereocenters. The van der Waals surface area contributed by atoms with Gasteiger partial charge in [-0.2, -0.15) is 13.2 Å². The van der Waals surface area contributed by atoms with E-state index in [1.54, 1.807) is 18.2 Å². The van der Waals surface area contributed by atoms with Gasteiger partial charge in [-0.15, -0.1) is 0 Å². The van der Waals surface area contributed by atoms with Crippen LogP contribution in [0, 0.1) is 0 Å². The number of nitrogens with one attached hydrogen (secondary N) is 1. The third-order valence-electron chi connectivity index (χ3n) is 4.03. The number of benzene rings is 1. The summed E-state index contributed by atoms with van der Waals surface area (Å²) in [6.07, 6.45) is -1.07. The number of ether oxygens (including phenoxy) is 1. The summed E-state index contributed by atoms with van der Waals surface area (Å²) in [5.74, 6) is 0. The van der Waals surface area contributed by atoms with Gasteiger partial charge in [-0.3, -0.25) is 19.6 Å². The van der Waals surface area contributed by atoms with Crippen molar-refractivity contribution in [2.45, 2.75) is 31.5 Å². The van der Waals surface area contributed by atoms with Crippen LogP contribution >= 0.6 is 22.9 Å². The molecule has 1 saturated heterocycles. The molecule has 3 N–H and O–H groups in total. The van der Waals surface area contributed by atoms with Gasteiger partial charge in [-0.1, -0.05) is 41.1 Å². The van der Waals surface area contributed by atoms with Crippen molar-refractivity contribution in [1.29, 1.82) is 0 Å². The fourth-order valence-electron chi connectivity index (χ4n) is 2.91. The number of carbonyl (C=O) groups excluding carboxylic acids is 1. The van der Waals surface area contributed by atoms with E-state index in [-0.39, 0.29) is 16.9 Å². The van der Waals surface area contributed by atoms with Gasteiger partial charge in [-0.25, -0.2) is 9.78 Å². The quantitative estimate of drug-likeness (QED) is 0.605. The summed E-state index contributed by atoms with van der Waals surface area (Å²) in [7, 11) is 0. The van der Waals surface area contributed by atoms with E-state index in [0.717, 1.165) is 24.2 Å².